The van der Waals surface area contributed by atoms with E-state index in [2.05, 4.69) is 0 Å². The second-order valence-corrected chi connectivity index (χ2v) is 10.2. The number of alkyl halides is 8. The van der Waals surface area contributed by atoms with Crippen molar-refractivity contribution in [1.29, 1.82) is 0 Å². The van der Waals surface area contributed by atoms with Crippen molar-refractivity contribution >= 4 is 9.84 Å². The highest BCUT2D eigenvalue weighted by molar-refractivity contribution is 7.92. The molecule has 0 rings (SSSR count). The number of unbranched alkanes of at least 4 members (excludes halogenated alkanes) is 10. The Balaban J connectivity index is 3.82. The molecule has 0 amide bonds. The zero-order valence-electron chi connectivity index (χ0n) is 17.7. The van der Waals surface area contributed by atoms with Gasteiger partial charge in [-0.05, 0) is 38.5 Å². The third-order valence-electron chi connectivity index (χ3n) is 5.00. The van der Waals surface area contributed by atoms with Crippen LogP contribution in [-0.2, 0) is 9.84 Å². The minimum atomic E-state index is -4.56. The van der Waals surface area contributed by atoms with Gasteiger partial charge in [-0.2, -0.15) is 26.3 Å². The van der Waals surface area contributed by atoms with Gasteiger partial charge in [-0.1, -0.05) is 51.4 Å². The van der Waals surface area contributed by atoms with Gasteiger partial charge in [-0.15, -0.1) is 0 Å². The first-order chi connectivity index (χ1) is 14.3. The highest BCUT2D eigenvalue weighted by Crippen LogP contribution is 2.26. The molecule has 2 unspecified atom stereocenters. The summed E-state index contributed by atoms with van der Waals surface area (Å²) in [4.78, 5) is 0. The van der Waals surface area contributed by atoms with Gasteiger partial charge in [0, 0.05) is 12.8 Å². The summed E-state index contributed by atoms with van der Waals surface area (Å²) < 4.78 is 124. The monoisotopic (exact) mass is 490 g/mol. The molecule has 0 aromatic heterocycles. The molecular weight excluding hydrogens is 456 g/mol. The summed E-state index contributed by atoms with van der Waals surface area (Å²) in [7, 11) is -4.56. The lowest BCUT2D eigenvalue weighted by molar-refractivity contribution is -0.136. The second kappa shape index (κ2) is 15.3. The third-order valence-corrected chi connectivity index (χ3v) is 6.89. The number of hydrogen-bond acceptors (Lipinski definition) is 2. The van der Waals surface area contributed by atoms with Gasteiger partial charge in [0.1, 0.15) is 0 Å². The van der Waals surface area contributed by atoms with E-state index in [1.807, 2.05) is 0 Å². The quantitative estimate of drug-likeness (QED) is 0.143. The molecule has 0 aromatic rings. The molecule has 188 valence electrons. The van der Waals surface area contributed by atoms with Crippen LogP contribution in [0.1, 0.15) is 103 Å². The summed E-state index contributed by atoms with van der Waals surface area (Å²) in [5.41, 5.74) is -4.62. The van der Waals surface area contributed by atoms with Crippen molar-refractivity contribution in [1.82, 2.24) is 0 Å². The highest BCUT2D eigenvalue weighted by atomic mass is 32.2. The average Bonchev–Trinajstić information content (AvgIpc) is 2.63. The molecular formula is C20H34F8O2S. The summed E-state index contributed by atoms with van der Waals surface area (Å²) in [6.07, 6.45) is -6.29. The maximum absolute atomic E-state index is 14.0. The van der Waals surface area contributed by atoms with Crippen LogP contribution >= 0.6 is 0 Å². The van der Waals surface area contributed by atoms with Crippen LogP contribution in [0.4, 0.5) is 35.1 Å². The topological polar surface area (TPSA) is 34.1 Å². The summed E-state index contributed by atoms with van der Waals surface area (Å²) in [6.45, 7) is 0. The lowest BCUT2D eigenvalue weighted by Gasteiger charge is -2.14. The number of rotatable bonds is 18. The van der Waals surface area contributed by atoms with Crippen molar-refractivity contribution in [2.75, 3.05) is 0 Å². The Labute approximate surface area is 180 Å². The lowest BCUT2D eigenvalue weighted by Crippen LogP contribution is -2.26. The van der Waals surface area contributed by atoms with Gasteiger partial charge in [0.05, 0.1) is 0 Å². The van der Waals surface area contributed by atoms with Crippen LogP contribution in [0.5, 0.6) is 0 Å². The van der Waals surface area contributed by atoms with E-state index in [9.17, 15) is 43.5 Å². The van der Waals surface area contributed by atoms with Crippen molar-refractivity contribution in [2.45, 2.75) is 126 Å². The molecule has 11 heteroatoms. The number of hydrogen-bond donors (Lipinski definition) is 0. The van der Waals surface area contributed by atoms with E-state index >= 15 is 0 Å². The Morgan fingerprint density at radius 1 is 0.484 bits per heavy atom. The summed E-state index contributed by atoms with van der Waals surface area (Å²) in [5.74, 6) is 0. The minimum absolute atomic E-state index is 0.0285. The van der Waals surface area contributed by atoms with Crippen LogP contribution in [0.3, 0.4) is 0 Å². The molecule has 0 fully saturated rings. The lowest BCUT2D eigenvalue weighted by atomic mass is 10.1. The third kappa shape index (κ3) is 17.6. The molecule has 2 nitrogen and oxygen atoms in total. The molecule has 0 radical (unpaired) electrons. The molecule has 0 saturated heterocycles. The Kier molecular flexibility index (Phi) is 15.0. The largest absolute Gasteiger partial charge is 0.389 e. The Morgan fingerprint density at radius 2 is 0.742 bits per heavy atom. The summed E-state index contributed by atoms with van der Waals surface area (Å²) in [6, 6.07) is 0. The average molecular weight is 491 g/mol. The van der Waals surface area contributed by atoms with Gasteiger partial charge < -0.3 is 0 Å². The molecule has 0 N–H and O–H groups in total. The van der Waals surface area contributed by atoms with Crippen LogP contribution in [0.2, 0.25) is 0 Å². The first-order valence-electron chi connectivity index (χ1n) is 10.9. The van der Waals surface area contributed by atoms with Gasteiger partial charge in [-0.3, -0.25) is 0 Å². The van der Waals surface area contributed by atoms with Crippen molar-refractivity contribution in [3.05, 3.63) is 0 Å². The SMILES string of the molecule is O=S(=O)(C(F)CCCCCCCCC(F)(F)F)C(F)CCCCCCCCC(F)(F)F. The molecule has 0 saturated carbocycles. The van der Waals surface area contributed by atoms with E-state index < -0.39 is 46.0 Å². The number of sulfone groups is 1. The van der Waals surface area contributed by atoms with Gasteiger partial charge in [0.2, 0.25) is 20.8 Å². The van der Waals surface area contributed by atoms with Gasteiger partial charge in [0.25, 0.3) is 0 Å². The van der Waals surface area contributed by atoms with Gasteiger partial charge >= 0.3 is 12.4 Å². The zero-order chi connectivity index (χ0) is 24.0. The normalized spacial score (nSPS) is 15.2. The fourth-order valence-electron chi connectivity index (χ4n) is 3.16. The van der Waals surface area contributed by atoms with Crippen molar-refractivity contribution in [2.24, 2.45) is 0 Å². The minimum Gasteiger partial charge on any atom is -0.230 e. The van der Waals surface area contributed by atoms with Crippen LogP contribution in [0.15, 0.2) is 0 Å². The fraction of sp³-hybridized carbons (Fsp3) is 1.00. The van der Waals surface area contributed by atoms with Crippen LogP contribution in [0, 0.1) is 0 Å². The van der Waals surface area contributed by atoms with E-state index in [1.54, 1.807) is 0 Å². The predicted molar refractivity (Wildman–Crippen MR) is 105 cm³/mol. The smallest absolute Gasteiger partial charge is 0.230 e. The van der Waals surface area contributed by atoms with Crippen LogP contribution in [0.25, 0.3) is 0 Å². The Morgan fingerprint density at radius 3 is 1.03 bits per heavy atom. The molecule has 0 aromatic carbocycles. The molecule has 2 atom stereocenters. The second-order valence-electron chi connectivity index (χ2n) is 7.96. The highest BCUT2D eigenvalue weighted by Gasteiger charge is 2.33. The van der Waals surface area contributed by atoms with Crippen LogP contribution in [-0.4, -0.2) is 31.8 Å². The zero-order valence-corrected chi connectivity index (χ0v) is 18.5. The molecule has 31 heavy (non-hydrogen) atoms. The van der Waals surface area contributed by atoms with Crippen molar-refractivity contribution in [3.63, 3.8) is 0 Å². The first-order valence-corrected chi connectivity index (χ1v) is 12.5. The first kappa shape index (κ1) is 30.4. The Bertz CT molecular complexity index is 504. The molecule has 0 aliphatic carbocycles. The Hall–Kier alpha value is -0.610. The van der Waals surface area contributed by atoms with Crippen molar-refractivity contribution < 1.29 is 43.5 Å². The van der Waals surface area contributed by atoms with Gasteiger partial charge in [-0.25, -0.2) is 17.2 Å². The molecule has 0 spiro atoms. The van der Waals surface area contributed by atoms with E-state index in [4.69, 9.17) is 0 Å². The molecule has 0 aliphatic rings. The molecule has 0 aliphatic heterocycles. The van der Waals surface area contributed by atoms with Crippen LogP contribution < -0.4 is 0 Å². The molecule has 0 bridgehead atoms. The van der Waals surface area contributed by atoms with E-state index in [-0.39, 0.29) is 38.5 Å². The standard InChI is InChI=1S/C20H34F8O2S/c21-17(13-9-5-1-3-7-11-15-19(23,24)25)31(29,30)18(22)14-10-6-2-4-8-12-16-20(26,27)28/h17-18H,1-16H2. The summed E-state index contributed by atoms with van der Waals surface area (Å²) in [5, 5.41) is 0. The van der Waals surface area contributed by atoms with E-state index in [0.717, 1.165) is 0 Å². The summed E-state index contributed by atoms with van der Waals surface area (Å²) >= 11 is 0. The number of halogens is 8. The van der Waals surface area contributed by atoms with Gasteiger partial charge in [0.15, 0.2) is 0 Å². The van der Waals surface area contributed by atoms with E-state index in [1.165, 1.54) is 0 Å². The van der Waals surface area contributed by atoms with Crippen molar-refractivity contribution in [3.8, 4) is 0 Å². The predicted octanol–water partition coefficient (Wildman–Crippen LogP) is 8.36. The fourth-order valence-corrected chi connectivity index (χ4v) is 4.47. The van der Waals surface area contributed by atoms with E-state index in [0.29, 0.717) is 51.4 Å². The maximum atomic E-state index is 14.0. The maximum Gasteiger partial charge on any atom is 0.389 e. The molecule has 0 heterocycles.